The molecule has 2 atom stereocenters. The first-order valence-electron chi connectivity index (χ1n) is 3.99. The van der Waals surface area contributed by atoms with Crippen LogP contribution in [-0.2, 0) is 0 Å². The molecule has 1 heteroatoms. The van der Waals surface area contributed by atoms with Gasteiger partial charge in [-0.3, -0.25) is 0 Å². The second-order valence-corrected chi connectivity index (χ2v) is 3.81. The summed E-state index contributed by atoms with van der Waals surface area (Å²) in [6.45, 7) is 7.48. The summed E-state index contributed by atoms with van der Waals surface area (Å²) in [5.41, 5.74) is 0. The minimum absolute atomic E-state index is 0.953. The molecular weight excluding hydrogens is 110 g/mol. The van der Waals surface area contributed by atoms with Crippen LogP contribution in [0, 0.1) is 11.8 Å². The second-order valence-electron chi connectivity index (χ2n) is 3.81. The van der Waals surface area contributed by atoms with E-state index in [0.717, 1.165) is 11.8 Å². The average Bonchev–Trinajstić information content (AvgIpc) is 1.59. The maximum absolute atomic E-state index is 2.36. The summed E-state index contributed by atoms with van der Waals surface area (Å²) >= 11 is 0. The van der Waals surface area contributed by atoms with Crippen molar-refractivity contribution in [2.75, 3.05) is 20.1 Å². The Hall–Kier alpha value is -0.0400. The Kier molecular flexibility index (Phi) is 2.12. The van der Waals surface area contributed by atoms with Gasteiger partial charge < -0.3 is 4.90 Å². The van der Waals surface area contributed by atoms with E-state index >= 15 is 0 Å². The van der Waals surface area contributed by atoms with Crippen LogP contribution in [0.4, 0.5) is 0 Å². The Labute approximate surface area is 58.0 Å². The maximum Gasteiger partial charge on any atom is 0.0795 e. The highest BCUT2D eigenvalue weighted by Gasteiger charge is 2.21. The van der Waals surface area contributed by atoms with Crippen molar-refractivity contribution in [3.8, 4) is 0 Å². The van der Waals surface area contributed by atoms with Crippen molar-refractivity contribution in [2.24, 2.45) is 11.8 Å². The van der Waals surface area contributed by atoms with E-state index < -0.39 is 0 Å². The molecule has 54 valence electrons. The molecule has 0 spiro atoms. The predicted octanol–water partition coefficient (Wildman–Crippen LogP) is 0.177. The Bertz CT molecular complexity index is 65.5. The van der Waals surface area contributed by atoms with Crippen molar-refractivity contribution in [2.45, 2.75) is 20.3 Å². The summed E-state index contributed by atoms with van der Waals surface area (Å²) in [6, 6.07) is 0. The lowest BCUT2D eigenvalue weighted by atomic mass is 9.92. The van der Waals surface area contributed by atoms with Gasteiger partial charge in [0.1, 0.15) is 0 Å². The lowest BCUT2D eigenvalue weighted by Gasteiger charge is -2.28. The molecule has 0 aromatic heterocycles. The van der Waals surface area contributed by atoms with Gasteiger partial charge in [0.25, 0.3) is 0 Å². The maximum atomic E-state index is 2.36. The number of piperidine rings is 1. The predicted molar refractivity (Wildman–Crippen MR) is 39.6 cm³/mol. The van der Waals surface area contributed by atoms with Crippen LogP contribution in [0.25, 0.3) is 0 Å². The summed E-state index contributed by atoms with van der Waals surface area (Å²) in [4.78, 5) is 1.71. The summed E-state index contributed by atoms with van der Waals surface area (Å²) < 4.78 is 0. The number of likely N-dealkylation sites (tertiary alicyclic amines) is 1. The first-order chi connectivity index (χ1) is 4.18. The third kappa shape index (κ3) is 1.98. The summed E-state index contributed by atoms with van der Waals surface area (Å²) in [5, 5.41) is 0. The molecule has 1 saturated heterocycles. The molecule has 0 radical (unpaired) electrons. The second kappa shape index (κ2) is 2.70. The van der Waals surface area contributed by atoms with E-state index in [1.807, 2.05) is 0 Å². The zero-order chi connectivity index (χ0) is 6.85. The number of rotatable bonds is 0. The number of quaternary nitrogens is 1. The van der Waals surface area contributed by atoms with E-state index in [9.17, 15) is 0 Å². The number of hydrogen-bond acceptors (Lipinski definition) is 0. The van der Waals surface area contributed by atoms with Crippen LogP contribution in [0.5, 0.6) is 0 Å². The third-order valence-corrected chi connectivity index (χ3v) is 2.20. The molecule has 1 aliphatic rings. The molecule has 1 fully saturated rings. The van der Waals surface area contributed by atoms with E-state index in [1.54, 1.807) is 4.90 Å². The van der Waals surface area contributed by atoms with Crippen LogP contribution in [-0.4, -0.2) is 20.1 Å². The molecule has 0 aliphatic carbocycles. The fourth-order valence-corrected chi connectivity index (χ4v) is 2.13. The van der Waals surface area contributed by atoms with Crippen molar-refractivity contribution in [3.63, 3.8) is 0 Å². The van der Waals surface area contributed by atoms with Crippen LogP contribution in [0.1, 0.15) is 20.3 Å². The van der Waals surface area contributed by atoms with Gasteiger partial charge in [-0.2, -0.15) is 0 Å². The van der Waals surface area contributed by atoms with E-state index in [0.29, 0.717) is 0 Å². The summed E-state index contributed by atoms with van der Waals surface area (Å²) in [7, 11) is 2.30. The Morgan fingerprint density at radius 2 is 1.56 bits per heavy atom. The fourth-order valence-electron chi connectivity index (χ4n) is 2.13. The highest BCUT2D eigenvalue weighted by Crippen LogP contribution is 2.11. The molecule has 1 N–H and O–H groups in total. The van der Waals surface area contributed by atoms with Gasteiger partial charge in [-0.05, 0) is 6.42 Å². The van der Waals surface area contributed by atoms with Gasteiger partial charge in [0.15, 0.2) is 0 Å². The smallest absolute Gasteiger partial charge is 0.0795 e. The van der Waals surface area contributed by atoms with Crippen molar-refractivity contribution in [1.82, 2.24) is 0 Å². The van der Waals surface area contributed by atoms with Crippen LogP contribution in [0.2, 0.25) is 0 Å². The topological polar surface area (TPSA) is 4.44 Å². The summed E-state index contributed by atoms with van der Waals surface area (Å²) in [5.74, 6) is 1.91. The molecule has 0 saturated carbocycles. The highest BCUT2D eigenvalue weighted by molar-refractivity contribution is 4.61. The van der Waals surface area contributed by atoms with Gasteiger partial charge in [0, 0.05) is 11.8 Å². The van der Waals surface area contributed by atoms with Gasteiger partial charge in [0.05, 0.1) is 20.1 Å². The molecule has 1 rings (SSSR count). The van der Waals surface area contributed by atoms with Crippen LogP contribution < -0.4 is 4.90 Å². The van der Waals surface area contributed by atoms with E-state index in [1.165, 1.54) is 19.5 Å². The standard InChI is InChI=1S/C8H17N/c1-7-4-8(2)6-9(3)5-7/h7-8H,4-6H2,1-3H3/p+1. The molecule has 0 amide bonds. The van der Waals surface area contributed by atoms with Gasteiger partial charge in [-0.15, -0.1) is 0 Å². The van der Waals surface area contributed by atoms with Crippen LogP contribution in [0.15, 0.2) is 0 Å². The fraction of sp³-hybridized carbons (Fsp3) is 1.00. The zero-order valence-electron chi connectivity index (χ0n) is 6.78. The Morgan fingerprint density at radius 1 is 1.11 bits per heavy atom. The molecule has 0 bridgehead atoms. The monoisotopic (exact) mass is 128 g/mol. The molecule has 1 nitrogen and oxygen atoms in total. The quantitative estimate of drug-likeness (QED) is 0.474. The first-order valence-corrected chi connectivity index (χ1v) is 3.99. The van der Waals surface area contributed by atoms with Gasteiger partial charge >= 0.3 is 0 Å². The average molecular weight is 128 g/mol. The van der Waals surface area contributed by atoms with Crippen LogP contribution >= 0.6 is 0 Å². The van der Waals surface area contributed by atoms with Gasteiger partial charge in [0.2, 0.25) is 0 Å². The van der Waals surface area contributed by atoms with Gasteiger partial charge in [-0.1, -0.05) is 13.8 Å². The molecular formula is C8H18N+. The number of hydrogen-bond donors (Lipinski definition) is 1. The molecule has 0 aromatic rings. The first kappa shape index (κ1) is 7.07. The SMILES string of the molecule is CC1CC(C)C[NH+](C)C1. The summed E-state index contributed by atoms with van der Waals surface area (Å²) in [6.07, 6.45) is 1.44. The molecule has 1 heterocycles. The Morgan fingerprint density at radius 3 is 1.89 bits per heavy atom. The highest BCUT2D eigenvalue weighted by atomic mass is 15.1. The zero-order valence-corrected chi connectivity index (χ0v) is 6.78. The van der Waals surface area contributed by atoms with Crippen molar-refractivity contribution in [3.05, 3.63) is 0 Å². The van der Waals surface area contributed by atoms with E-state index in [4.69, 9.17) is 0 Å². The lowest BCUT2D eigenvalue weighted by Crippen LogP contribution is -3.11. The third-order valence-electron chi connectivity index (χ3n) is 2.20. The van der Waals surface area contributed by atoms with Crippen molar-refractivity contribution >= 4 is 0 Å². The van der Waals surface area contributed by atoms with E-state index in [-0.39, 0.29) is 0 Å². The minimum Gasteiger partial charge on any atom is -0.337 e. The van der Waals surface area contributed by atoms with Crippen molar-refractivity contribution in [1.29, 1.82) is 0 Å². The van der Waals surface area contributed by atoms with Crippen molar-refractivity contribution < 1.29 is 4.90 Å². The molecule has 9 heavy (non-hydrogen) atoms. The van der Waals surface area contributed by atoms with E-state index in [2.05, 4.69) is 20.9 Å². The van der Waals surface area contributed by atoms with Gasteiger partial charge in [-0.25, -0.2) is 0 Å². The lowest BCUT2D eigenvalue weighted by molar-refractivity contribution is -0.892. The molecule has 0 aromatic carbocycles. The Balaban J connectivity index is 2.34. The van der Waals surface area contributed by atoms with Crippen LogP contribution in [0.3, 0.4) is 0 Å². The normalized spacial score (nSPS) is 45.0. The number of nitrogens with one attached hydrogen (secondary N) is 1. The largest absolute Gasteiger partial charge is 0.337 e. The minimum atomic E-state index is 0.953. The molecule has 1 aliphatic heterocycles. The molecule has 2 unspecified atom stereocenters.